The Balaban J connectivity index is 0.00000109. The molecule has 2 unspecified atom stereocenters. The minimum atomic E-state index is -0.724. The minimum absolute atomic E-state index is 0.0757. The van der Waals surface area contributed by atoms with Crippen LogP contribution in [0.5, 0.6) is 0 Å². The van der Waals surface area contributed by atoms with E-state index in [1.807, 2.05) is 13.8 Å². The summed E-state index contributed by atoms with van der Waals surface area (Å²) in [4.78, 5) is 21.2. The Morgan fingerprint density at radius 2 is 1.86 bits per heavy atom. The largest absolute Gasteiger partial charge is 0.400 e. The Hall–Kier alpha value is -3.43. The van der Waals surface area contributed by atoms with Gasteiger partial charge in [-0.25, -0.2) is 18.7 Å². The van der Waals surface area contributed by atoms with Gasteiger partial charge < -0.3 is 21.3 Å². The number of nitrogens with zero attached hydrogens (tertiary/aromatic N) is 2. The van der Waals surface area contributed by atoms with E-state index in [-0.39, 0.29) is 29.9 Å². The summed E-state index contributed by atoms with van der Waals surface area (Å²) in [7, 11) is 1.00. The Labute approximate surface area is 210 Å². The lowest BCUT2D eigenvalue weighted by Gasteiger charge is -2.13. The van der Waals surface area contributed by atoms with E-state index < -0.39 is 17.5 Å². The van der Waals surface area contributed by atoms with Gasteiger partial charge in [0.25, 0.3) is 5.91 Å². The average molecular weight is 501 g/mol. The van der Waals surface area contributed by atoms with Crippen LogP contribution in [0.15, 0.2) is 42.6 Å². The lowest BCUT2D eigenvalue weighted by atomic mass is 10.0. The Morgan fingerprint density at radius 1 is 1.14 bits per heavy atom. The van der Waals surface area contributed by atoms with Gasteiger partial charge in [0, 0.05) is 25.1 Å². The van der Waals surface area contributed by atoms with Crippen molar-refractivity contribution in [3.63, 3.8) is 0 Å². The molecule has 36 heavy (non-hydrogen) atoms. The predicted octanol–water partition coefficient (Wildman–Crippen LogP) is 4.51. The number of anilines is 1. The molecule has 0 bridgehead atoms. The van der Waals surface area contributed by atoms with E-state index in [2.05, 4.69) is 15.3 Å². The van der Waals surface area contributed by atoms with Crippen LogP contribution in [0, 0.1) is 18.6 Å². The van der Waals surface area contributed by atoms with Gasteiger partial charge in [-0.1, -0.05) is 26.0 Å². The summed E-state index contributed by atoms with van der Waals surface area (Å²) < 4.78 is 28.3. The SMILES string of the molecule is CC.CO.Cc1cc(F)cc(CNC(=O)c2ccc(-c3nc(C4CCC(O)C4)cnc3N)cc2F)c1. The van der Waals surface area contributed by atoms with E-state index in [4.69, 9.17) is 10.8 Å². The molecule has 1 aliphatic rings. The van der Waals surface area contributed by atoms with Gasteiger partial charge >= 0.3 is 0 Å². The standard InChI is InChI=1S/C24H24F2N4O2.C2H6.CH4O/c1-13-6-14(8-17(25)7-13)11-29-24(32)19-5-3-16(10-20(19)26)22-23(27)28-12-21(30-22)15-2-4-18(31)9-15;2*1-2/h3,5-8,10,12,15,18,31H,2,4,9,11H2,1H3,(H2,27,28)(H,29,32);1-2H3;2H,1H3. The van der Waals surface area contributed by atoms with Gasteiger partial charge in [0.2, 0.25) is 0 Å². The smallest absolute Gasteiger partial charge is 0.254 e. The molecule has 9 heteroatoms. The van der Waals surface area contributed by atoms with Crippen LogP contribution in [-0.4, -0.2) is 39.3 Å². The lowest BCUT2D eigenvalue weighted by Crippen LogP contribution is -2.24. The number of hydrogen-bond acceptors (Lipinski definition) is 6. The van der Waals surface area contributed by atoms with Gasteiger partial charge in [-0.15, -0.1) is 0 Å². The van der Waals surface area contributed by atoms with Gasteiger partial charge in [-0.05, 0) is 61.6 Å². The molecule has 1 amide bonds. The lowest BCUT2D eigenvalue weighted by molar-refractivity contribution is 0.0946. The third-order valence-electron chi connectivity index (χ3n) is 5.68. The number of hydrogen-bond donors (Lipinski definition) is 4. The van der Waals surface area contributed by atoms with E-state index in [1.165, 1.54) is 24.3 Å². The highest BCUT2D eigenvalue weighted by Gasteiger charge is 2.26. The van der Waals surface area contributed by atoms with Crippen LogP contribution in [0.3, 0.4) is 0 Å². The summed E-state index contributed by atoms with van der Waals surface area (Å²) >= 11 is 0. The number of amides is 1. The van der Waals surface area contributed by atoms with E-state index in [0.29, 0.717) is 35.4 Å². The fraction of sp³-hybridized carbons (Fsp3) is 0.370. The van der Waals surface area contributed by atoms with Crippen LogP contribution in [-0.2, 0) is 6.54 Å². The number of aromatic nitrogens is 2. The first-order chi connectivity index (χ1) is 17.3. The molecule has 1 aliphatic carbocycles. The highest BCUT2D eigenvalue weighted by molar-refractivity contribution is 5.95. The maximum absolute atomic E-state index is 14.8. The quantitative estimate of drug-likeness (QED) is 0.409. The summed E-state index contributed by atoms with van der Waals surface area (Å²) in [5.41, 5.74) is 8.62. The molecule has 1 fully saturated rings. The molecule has 1 heterocycles. The maximum Gasteiger partial charge on any atom is 0.254 e. The molecule has 1 saturated carbocycles. The highest BCUT2D eigenvalue weighted by atomic mass is 19.1. The molecular formula is C27H34F2N4O3. The number of nitrogen functional groups attached to an aromatic ring is 1. The van der Waals surface area contributed by atoms with Crippen LogP contribution in [0.25, 0.3) is 11.3 Å². The number of rotatable bonds is 5. The van der Waals surface area contributed by atoms with Crippen molar-refractivity contribution in [2.75, 3.05) is 12.8 Å². The summed E-state index contributed by atoms with van der Waals surface area (Å²) in [5, 5.41) is 19.4. The number of benzene rings is 2. The number of aliphatic hydroxyl groups is 2. The second-order valence-corrected chi connectivity index (χ2v) is 8.21. The third-order valence-corrected chi connectivity index (χ3v) is 5.68. The molecule has 1 aromatic heterocycles. The second-order valence-electron chi connectivity index (χ2n) is 8.21. The van der Waals surface area contributed by atoms with Crippen molar-refractivity contribution in [2.45, 2.75) is 58.6 Å². The van der Waals surface area contributed by atoms with Crippen molar-refractivity contribution in [1.82, 2.24) is 15.3 Å². The predicted molar refractivity (Wildman–Crippen MR) is 136 cm³/mol. The fourth-order valence-corrected chi connectivity index (χ4v) is 4.09. The van der Waals surface area contributed by atoms with Crippen molar-refractivity contribution in [1.29, 1.82) is 0 Å². The zero-order chi connectivity index (χ0) is 26.8. The maximum atomic E-state index is 14.8. The van der Waals surface area contributed by atoms with Gasteiger partial charge in [0.1, 0.15) is 23.1 Å². The van der Waals surface area contributed by atoms with Crippen molar-refractivity contribution >= 4 is 11.7 Å². The molecule has 0 aliphatic heterocycles. The normalized spacial score (nSPS) is 16.3. The molecule has 2 aromatic carbocycles. The van der Waals surface area contributed by atoms with Gasteiger partial charge in [-0.3, -0.25) is 4.79 Å². The number of nitrogens with two attached hydrogens (primary N) is 1. The van der Waals surface area contributed by atoms with Crippen LogP contribution >= 0.6 is 0 Å². The van der Waals surface area contributed by atoms with Crippen molar-refractivity contribution in [3.05, 3.63) is 76.6 Å². The van der Waals surface area contributed by atoms with Gasteiger partial charge in [-0.2, -0.15) is 0 Å². The molecule has 5 N–H and O–H groups in total. The molecule has 0 saturated heterocycles. The first kappa shape index (κ1) is 28.8. The monoisotopic (exact) mass is 500 g/mol. The molecule has 3 aromatic rings. The topological polar surface area (TPSA) is 121 Å². The molecule has 0 spiro atoms. The number of aliphatic hydroxyl groups excluding tert-OH is 2. The number of carbonyl (C=O) groups excluding carboxylic acids is 1. The first-order valence-electron chi connectivity index (χ1n) is 11.9. The average Bonchev–Trinajstić information content (AvgIpc) is 3.31. The van der Waals surface area contributed by atoms with Crippen molar-refractivity contribution in [2.24, 2.45) is 0 Å². The third kappa shape index (κ3) is 7.29. The van der Waals surface area contributed by atoms with Gasteiger partial charge in [0.05, 0.1) is 23.6 Å². The number of aryl methyl sites for hydroxylation is 1. The van der Waals surface area contributed by atoms with E-state index in [1.54, 1.807) is 25.3 Å². The van der Waals surface area contributed by atoms with E-state index in [0.717, 1.165) is 19.1 Å². The summed E-state index contributed by atoms with van der Waals surface area (Å²) in [6.45, 7) is 5.83. The van der Waals surface area contributed by atoms with Gasteiger partial charge in [0.15, 0.2) is 0 Å². The second kappa shape index (κ2) is 13.6. The molecular weight excluding hydrogens is 466 g/mol. The minimum Gasteiger partial charge on any atom is -0.400 e. The van der Waals surface area contributed by atoms with Crippen LogP contribution < -0.4 is 11.1 Å². The van der Waals surface area contributed by atoms with Crippen LogP contribution in [0.4, 0.5) is 14.6 Å². The zero-order valence-electron chi connectivity index (χ0n) is 21.1. The zero-order valence-corrected chi connectivity index (χ0v) is 21.1. The van der Waals surface area contributed by atoms with E-state index >= 15 is 0 Å². The summed E-state index contributed by atoms with van der Waals surface area (Å²) in [6, 6.07) is 8.60. The molecule has 0 radical (unpaired) electrons. The Bertz CT molecular complexity index is 1150. The van der Waals surface area contributed by atoms with Crippen LogP contribution in [0.2, 0.25) is 0 Å². The molecule has 4 rings (SSSR count). The Morgan fingerprint density at radius 3 is 2.47 bits per heavy atom. The fourth-order valence-electron chi connectivity index (χ4n) is 4.09. The van der Waals surface area contributed by atoms with Crippen molar-refractivity contribution < 1.29 is 23.8 Å². The molecule has 7 nitrogen and oxygen atoms in total. The van der Waals surface area contributed by atoms with E-state index in [9.17, 15) is 18.7 Å². The van der Waals surface area contributed by atoms with Crippen LogP contribution in [0.1, 0.15) is 66.2 Å². The molecule has 2 atom stereocenters. The first-order valence-corrected chi connectivity index (χ1v) is 11.9. The highest BCUT2D eigenvalue weighted by Crippen LogP contribution is 2.35. The summed E-state index contributed by atoms with van der Waals surface area (Å²) in [6.07, 6.45) is 3.36. The molecule has 194 valence electrons. The number of halogens is 2. The Kier molecular flexibility index (Phi) is 10.9. The summed E-state index contributed by atoms with van der Waals surface area (Å²) in [5.74, 6) is -1.48. The number of carbonyl (C=O) groups is 1. The van der Waals surface area contributed by atoms with Crippen molar-refractivity contribution in [3.8, 4) is 11.3 Å². The number of nitrogens with one attached hydrogen (secondary N) is 1.